The lowest BCUT2D eigenvalue weighted by Gasteiger charge is -2.09. The van der Waals surface area contributed by atoms with Gasteiger partial charge in [0, 0.05) is 12.4 Å². The fraction of sp³-hybridized carbons (Fsp3) is 0.167. The first-order valence-corrected chi connectivity index (χ1v) is 5.23. The topological polar surface area (TPSA) is 85.2 Å². The van der Waals surface area contributed by atoms with Gasteiger partial charge in [0.15, 0.2) is 5.75 Å². The van der Waals surface area contributed by atoms with Crippen molar-refractivity contribution in [3.63, 3.8) is 0 Å². The molecule has 2 aromatic rings. The van der Waals surface area contributed by atoms with Crippen molar-refractivity contribution in [1.82, 2.24) is 15.0 Å². The first kappa shape index (κ1) is 12.0. The minimum absolute atomic E-state index is 0.0349. The Morgan fingerprint density at radius 1 is 1.33 bits per heavy atom. The largest absolute Gasteiger partial charge is 0.478 e. The van der Waals surface area contributed by atoms with Gasteiger partial charge in [0.05, 0.1) is 17.6 Å². The van der Waals surface area contributed by atoms with E-state index in [9.17, 15) is 4.79 Å². The van der Waals surface area contributed by atoms with E-state index in [1.165, 1.54) is 18.5 Å². The van der Waals surface area contributed by atoms with Crippen LogP contribution in [-0.4, -0.2) is 26.0 Å². The van der Waals surface area contributed by atoms with Gasteiger partial charge in [-0.15, -0.1) is 0 Å². The summed E-state index contributed by atoms with van der Waals surface area (Å²) in [6.07, 6.45) is 4.35. The number of hydrogen-bond acceptors (Lipinski definition) is 5. The maximum absolute atomic E-state index is 11.0. The highest BCUT2D eigenvalue weighted by Crippen LogP contribution is 2.24. The third-order valence-corrected chi connectivity index (χ3v) is 2.25. The molecule has 0 aromatic carbocycles. The number of carboxylic acids is 1. The van der Waals surface area contributed by atoms with Crippen LogP contribution in [0.3, 0.4) is 0 Å². The Morgan fingerprint density at radius 2 is 2.11 bits per heavy atom. The average molecular weight is 245 g/mol. The van der Waals surface area contributed by atoms with Crippen molar-refractivity contribution in [1.29, 1.82) is 0 Å². The second-order valence-electron chi connectivity index (χ2n) is 3.68. The van der Waals surface area contributed by atoms with Crippen LogP contribution in [0.25, 0.3) is 0 Å². The molecule has 0 bridgehead atoms. The molecule has 2 aromatic heterocycles. The van der Waals surface area contributed by atoms with Crippen LogP contribution in [0.4, 0.5) is 0 Å². The van der Waals surface area contributed by atoms with Gasteiger partial charge in [-0.1, -0.05) is 0 Å². The zero-order valence-electron chi connectivity index (χ0n) is 9.91. The summed E-state index contributed by atoms with van der Waals surface area (Å²) in [6, 6.07) is 1.37. The third-order valence-electron chi connectivity index (χ3n) is 2.25. The van der Waals surface area contributed by atoms with Crippen molar-refractivity contribution in [2.45, 2.75) is 13.8 Å². The second-order valence-corrected chi connectivity index (χ2v) is 3.68. The molecular formula is C12H11N3O3. The maximum Gasteiger partial charge on any atom is 0.339 e. The standard InChI is InChI=1S/C12H11N3O3/c1-7-5-14-8(2)11(15-7)18-10-6-13-4-3-9(10)12(16)17/h3-6H,1-2H3,(H,16,17). The van der Waals surface area contributed by atoms with Gasteiger partial charge in [-0.3, -0.25) is 9.97 Å². The van der Waals surface area contributed by atoms with E-state index in [1.54, 1.807) is 20.0 Å². The summed E-state index contributed by atoms with van der Waals surface area (Å²) in [4.78, 5) is 23.1. The fourth-order valence-electron chi connectivity index (χ4n) is 1.35. The number of carbonyl (C=O) groups is 1. The Balaban J connectivity index is 2.40. The van der Waals surface area contributed by atoms with Gasteiger partial charge in [0.1, 0.15) is 5.56 Å². The Bertz CT molecular complexity index is 599. The van der Waals surface area contributed by atoms with E-state index in [0.717, 1.165) is 0 Å². The molecule has 2 rings (SSSR count). The number of aromatic carboxylic acids is 1. The lowest BCUT2D eigenvalue weighted by Crippen LogP contribution is -2.02. The Labute approximate surface area is 103 Å². The number of carboxylic acid groups (broad SMARTS) is 1. The molecule has 0 spiro atoms. The first-order chi connectivity index (χ1) is 8.58. The summed E-state index contributed by atoms with van der Waals surface area (Å²) in [5, 5.41) is 9.02. The molecule has 2 heterocycles. The summed E-state index contributed by atoms with van der Waals surface area (Å²) >= 11 is 0. The van der Waals surface area contributed by atoms with Crippen molar-refractivity contribution in [3.8, 4) is 11.6 Å². The first-order valence-electron chi connectivity index (χ1n) is 5.23. The van der Waals surface area contributed by atoms with Crippen LogP contribution in [0.2, 0.25) is 0 Å². The van der Waals surface area contributed by atoms with E-state index in [2.05, 4.69) is 15.0 Å². The molecule has 0 fully saturated rings. The molecule has 18 heavy (non-hydrogen) atoms. The number of pyridine rings is 1. The highest BCUT2D eigenvalue weighted by Gasteiger charge is 2.13. The molecule has 0 aliphatic heterocycles. The molecule has 0 aliphatic rings. The highest BCUT2D eigenvalue weighted by atomic mass is 16.5. The van der Waals surface area contributed by atoms with E-state index in [1.807, 2.05) is 0 Å². The lowest BCUT2D eigenvalue weighted by molar-refractivity contribution is 0.0694. The van der Waals surface area contributed by atoms with E-state index >= 15 is 0 Å². The van der Waals surface area contributed by atoms with Gasteiger partial charge in [-0.2, -0.15) is 0 Å². The Hall–Kier alpha value is -2.50. The van der Waals surface area contributed by atoms with Crippen LogP contribution in [0.5, 0.6) is 11.6 Å². The van der Waals surface area contributed by atoms with Crippen LogP contribution >= 0.6 is 0 Å². The Morgan fingerprint density at radius 3 is 2.83 bits per heavy atom. The second kappa shape index (κ2) is 4.79. The summed E-state index contributed by atoms with van der Waals surface area (Å²) in [5.74, 6) is -0.649. The number of ether oxygens (including phenoxy) is 1. The van der Waals surface area contributed by atoms with Gasteiger partial charge in [-0.25, -0.2) is 9.78 Å². The molecule has 0 amide bonds. The van der Waals surface area contributed by atoms with Crippen molar-refractivity contribution in [2.24, 2.45) is 0 Å². The average Bonchev–Trinajstić information content (AvgIpc) is 2.34. The van der Waals surface area contributed by atoms with Crippen LogP contribution in [0.15, 0.2) is 24.7 Å². The molecule has 6 heteroatoms. The molecule has 0 aliphatic carbocycles. The number of aromatic nitrogens is 3. The third kappa shape index (κ3) is 2.42. The molecule has 0 radical (unpaired) electrons. The maximum atomic E-state index is 11.0. The Kier molecular flexibility index (Phi) is 3.18. The summed E-state index contributed by atoms with van der Waals surface area (Å²) < 4.78 is 5.47. The molecule has 0 saturated heterocycles. The number of nitrogens with zero attached hydrogens (tertiary/aromatic N) is 3. The van der Waals surface area contributed by atoms with E-state index in [4.69, 9.17) is 9.84 Å². The molecule has 1 N–H and O–H groups in total. The van der Waals surface area contributed by atoms with Crippen molar-refractivity contribution >= 4 is 5.97 Å². The van der Waals surface area contributed by atoms with Crippen LogP contribution < -0.4 is 4.74 Å². The summed E-state index contributed by atoms with van der Waals surface area (Å²) in [5.41, 5.74) is 1.31. The molecule has 0 unspecified atom stereocenters. The zero-order chi connectivity index (χ0) is 13.1. The van der Waals surface area contributed by atoms with Gasteiger partial charge in [-0.05, 0) is 19.9 Å². The van der Waals surface area contributed by atoms with E-state index in [-0.39, 0.29) is 17.2 Å². The molecule has 6 nitrogen and oxygen atoms in total. The van der Waals surface area contributed by atoms with Crippen LogP contribution in [0, 0.1) is 13.8 Å². The van der Waals surface area contributed by atoms with Crippen molar-refractivity contribution in [3.05, 3.63) is 41.6 Å². The normalized spacial score (nSPS) is 10.1. The van der Waals surface area contributed by atoms with E-state index in [0.29, 0.717) is 11.4 Å². The quantitative estimate of drug-likeness (QED) is 0.889. The summed E-state index contributed by atoms with van der Waals surface area (Å²) in [6.45, 7) is 3.51. The molecular weight excluding hydrogens is 234 g/mol. The fourth-order valence-corrected chi connectivity index (χ4v) is 1.35. The minimum Gasteiger partial charge on any atom is -0.478 e. The number of hydrogen-bond donors (Lipinski definition) is 1. The molecule has 0 atom stereocenters. The molecule has 92 valence electrons. The van der Waals surface area contributed by atoms with Crippen molar-refractivity contribution < 1.29 is 14.6 Å². The van der Waals surface area contributed by atoms with E-state index < -0.39 is 5.97 Å². The zero-order valence-corrected chi connectivity index (χ0v) is 9.91. The van der Waals surface area contributed by atoms with Gasteiger partial charge >= 0.3 is 5.97 Å². The van der Waals surface area contributed by atoms with Crippen LogP contribution in [0.1, 0.15) is 21.7 Å². The molecule has 0 saturated carbocycles. The number of aryl methyl sites for hydroxylation is 2. The van der Waals surface area contributed by atoms with Crippen molar-refractivity contribution in [2.75, 3.05) is 0 Å². The predicted octanol–water partition coefficient (Wildman–Crippen LogP) is 1.98. The smallest absolute Gasteiger partial charge is 0.339 e. The highest BCUT2D eigenvalue weighted by molar-refractivity contribution is 5.90. The van der Waals surface area contributed by atoms with Gasteiger partial charge < -0.3 is 9.84 Å². The SMILES string of the molecule is Cc1cnc(C)c(Oc2cnccc2C(=O)O)n1. The lowest BCUT2D eigenvalue weighted by atomic mass is 10.2. The monoisotopic (exact) mass is 245 g/mol. The van der Waals surface area contributed by atoms with Gasteiger partial charge in [0.2, 0.25) is 5.88 Å². The summed E-state index contributed by atoms with van der Waals surface area (Å²) in [7, 11) is 0. The van der Waals surface area contributed by atoms with Gasteiger partial charge in [0.25, 0.3) is 0 Å². The predicted molar refractivity (Wildman–Crippen MR) is 62.8 cm³/mol. The number of rotatable bonds is 3. The van der Waals surface area contributed by atoms with Crippen LogP contribution in [-0.2, 0) is 0 Å². The minimum atomic E-state index is -1.08.